The van der Waals surface area contributed by atoms with Crippen molar-refractivity contribution in [2.75, 3.05) is 18.5 Å². The van der Waals surface area contributed by atoms with Crippen LogP contribution >= 0.6 is 0 Å². The number of nitrogens with one attached hydrogen (secondary N) is 2. The summed E-state index contributed by atoms with van der Waals surface area (Å²) in [5.74, 6) is 0.270. The van der Waals surface area contributed by atoms with Crippen LogP contribution in [0.2, 0.25) is 0 Å². The summed E-state index contributed by atoms with van der Waals surface area (Å²) in [6, 6.07) is 11.3. The van der Waals surface area contributed by atoms with Crippen LogP contribution in [0.3, 0.4) is 0 Å². The Morgan fingerprint density at radius 2 is 1.84 bits per heavy atom. The lowest BCUT2D eigenvalue weighted by Crippen LogP contribution is -2.22. The molecule has 37 heavy (non-hydrogen) atoms. The number of tetrazole rings is 1. The first-order valence-electron chi connectivity index (χ1n) is 12.0. The molecule has 2 aromatic heterocycles. The minimum absolute atomic E-state index is 0.0880. The third-order valence-corrected chi connectivity index (χ3v) is 6.12. The summed E-state index contributed by atoms with van der Waals surface area (Å²) in [6.45, 7) is 5.83. The lowest BCUT2D eigenvalue weighted by atomic mass is 9.94. The standard InChI is InChI=1S/C26H30FN7O3/c1-15-19(12-28-20-9-7-18(23(27)11-20)8-10-24-31-33-34-32-24)5-4-6-22(15)25-16(2)29-26(30-17(25)3)37-14-21(36)13-35/h4-7,9,11,21,28,35-36H,8,10,12-14H2,1-3H3,(H,31,32,33,34)/t21-/m1/s1. The van der Waals surface area contributed by atoms with E-state index in [1.807, 2.05) is 45.0 Å². The van der Waals surface area contributed by atoms with Gasteiger partial charge in [0.2, 0.25) is 0 Å². The molecular formula is C26H30FN7O3. The second kappa shape index (κ2) is 11.8. The van der Waals surface area contributed by atoms with Crippen LogP contribution < -0.4 is 10.1 Å². The third kappa shape index (κ3) is 6.43. The van der Waals surface area contributed by atoms with Crippen LogP contribution in [0, 0.1) is 26.6 Å². The fourth-order valence-electron chi connectivity index (χ4n) is 4.10. The molecule has 0 aliphatic heterocycles. The number of aryl methyl sites for hydroxylation is 4. The molecule has 194 valence electrons. The monoisotopic (exact) mass is 507 g/mol. The highest BCUT2D eigenvalue weighted by atomic mass is 19.1. The third-order valence-electron chi connectivity index (χ3n) is 6.12. The number of H-pyrrole nitrogens is 1. The molecule has 2 heterocycles. The number of anilines is 1. The second-order valence-corrected chi connectivity index (χ2v) is 8.78. The van der Waals surface area contributed by atoms with Crippen molar-refractivity contribution in [3.8, 4) is 17.1 Å². The van der Waals surface area contributed by atoms with Crippen molar-refractivity contribution in [3.05, 3.63) is 76.1 Å². The van der Waals surface area contributed by atoms with Gasteiger partial charge in [0.05, 0.1) is 18.0 Å². The molecular weight excluding hydrogens is 477 g/mol. The molecule has 0 radical (unpaired) electrons. The Kier molecular flexibility index (Phi) is 8.36. The Hall–Kier alpha value is -3.96. The highest BCUT2D eigenvalue weighted by molar-refractivity contribution is 5.72. The molecule has 0 saturated heterocycles. The molecule has 4 aromatic rings. The van der Waals surface area contributed by atoms with Gasteiger partial charge in [-0.25, -0.2) is 4.39 Å². The molecule has 0 unspecified atom stereocenters. The van der Waals surface area contributed by atoms with E-state index < -0.39 is 12.7 Å². The number of aromatic amines is 1. The molecule has 0 fully saturated rings. The van der Waals surface area contributed by atoms with Gasteiger partial charge in [-0.05, 0) is 61.6 Å². The van der Waals surface area contributed by atoms with Crippen LogP contribution in [0.4, 0.5) is 10.1 Å². The molecule has 0 amide bonds. The molecule has 0 saturated carbocycles. The van der Waals surface area contributed by atoms with E-state index in [-0.39, 0.29) is 18.4 Å². The molecule has 2 aromatic carbocycles. The van der Waals surface area contributed by atoms with Gasteiger partial charge < -0.3 is 20.3 Å². The highest BCUT2D eigenvalue weighted by Gasteiger charge is 2.16. The van der Waals surface area contributed by atoms with E-state index >= 15 is 0 Å². The van der Waals surface area contributed by atoms with Crippen molar-refractivity contribution in [3.63, 3.8) is 0 Å². The van der Waals surface area contributed by atoms with E-state index in [1.165, 1.54) is 6.07 Å². The zero-order valence-electron chi connectivity index (χ0n) is 21.0. The van der Waals surface area contributed by atoms with Crippen molar-refractivity contribution in [1.82, 2.24) is 30.6 Å². The number of rotatable bonds is 11. The first-order chi connectivity index (χ1) is 17.9. The number of hydrogen-bond donors (Lipinski definition) is 4. The Morgan fingerprint density at radius 3 is 2.51 bits per heavy atom. The maximum Gasteiger partial charge on any atom is 0.316 e. The summed E-state index contributed by atoms with van der Waals surface area (Å²) in [5.41, 5.74) is 6.80. The quantitative estimate of drug-likeness (QED) is 0.241. The largest absolute Gasteiger partial charge is 0.461 e. The van der Waals surface area contributed by atoms with Crippen LogP contribution in [0.1, 0.15) is 33.9 Å². The predicted molar refractivity (Wildman–Crippen MR) is 136 cm³/mol. The number of benzene rings is 2. The van der Waals surface area contributed by atoms with E-state index in [2.05, 4.69) is 35.9 Å². The molecule has 0 aliphatic carbocycles. The number of nitrogens with zero attached hydrogens (tertiary/aromatic N) is 5. The number of aliphatic hydroxyl groups is 2. The summed E-state index contributed by atoms with van der Waals surface area (Å²) in [5, 5.41) is 35.5. The van der Waals surface area contributed by atoms with Gasteiger partial charge in [-0.2, -0.15) is 15.2 Å². The number of aliphatic hydroxyl groups excluding tert-OH is 2. The average Bonchev–Trinajstić information content (AvgIpc) is 3.40. The zero-order chi connectivity index (χ0) is 26.4. The van der Waals surface area contributed by atoms with E-state index in [4.69, 9.17) is 9.84 Å². The summed E-state index contributed by atoms with van der Waals surface area (Å²) >= 11 is 0. The van der Waals surface area contributed by atoms with Crippen molar-refractivity contribution >= 4 is 5.69 Å². The SMILES string of the molecule is Cc1nc(OC[C@H](O)CO)nc(C)c1-c1cccc(CNc2ccc(CCc3nn[nH]n3)c(F)c2)c1C. The molecule has 4 N–H and O–H groups in total. The molecule has 11 heteroatoms. The van der Waals surface area contributed by atoms with E-state index in [9.17, 15) is 9.50 Å². The van der Waals surface area contributed by atoms with Crippen molar-refractivity contribution in [2.45, 2.75) is 46.3 Å². The highest BCUT2D eigenvalue weighted by Crippen LogP contribution is 2.31. The Morgan fingerprint density at radius 1 is 1.05 bits per heavy atom. The number of ether oxygens (including phenoxy) is 1. The average molecular weight is 508 g/mol. The molecule has 10 nitrogen and oxygen atoms in total. The lowest BCUT2D eigenvalue weighted by Gasteiger charge is -2.17. The first kappa shape index (κ1) is 26.1. The lowest BCUT2D eigenvalue weighted by molar-refractivity contribution is 0.0503. The van der Waals surface area contributed by atoms with E-state index in [1.54, 1.807) is 6.07 Å². The van der Waals surface area contributed by atoms with Crippen LogP contribution in [-0.4, -0.2) is 60.1 Å². The molecule has 4 rings (SSSR count). The van der Waals surface area contributed by atoms with Gasteiger partial charge in [-0.15, -0.1) is 10.2 Å². The van der Waals surface area contributed by atoms with Crippen molar-refractivity contribution in [2.24, 2.45) is 0 Å². The van der Waals surface area contributed by atoms with Crippen LogP contribution in [-0.2, 0) is 19.4 Å². The Labute approximate surface area is 214 Å². The van der Waals surface area contributed by atoms with Gasteiger partial charge in [-0.3, -0.25) is 0 Å². The minimum Gasteiger partial charge on any atom is -0.461 e. The maximum atomic E-state index is 14.7. The summed E-state index contributed by atoms with van der Waals surface area (Å²) in [7, 11) is 0. The summed E-state index contributed by atoms with van der Waals surface area (Å²) < 4.78 is 20.1. The Bertz CT molecular complexity index is 1330. The van der Waals surface area contributed by atoms with Gasteiger partial charge in [0.1, 0.15) is 18.5 Å². The predicted octanol–water partition coefficient (Wildman–Crippen LogP) is 2.85. The smallest absolute Gasteiger partial charge is 0.316 e. The Balaban J connectivity index is 1.46. The molecule has 0 bridgehead atoms. The topological polar surface area (TPSA) is 142 Å². The molecule has 0 spiro atoms. The second-order valence-electron chi connectivity index (χ2n) is 8.78. The van der Waals surface area contributed by atoms with Crippen LogP contribution in [0.5, 0.6) is 6.01 Å². The minimum atomic E-state index is -0.989. The summed E-state index contributed by atoms with van der Waals surface area (Å²) in [4.78, 5) is 8.87. The van der Waals surface area contributed by atoms with Gasteiger partial charge in [0.15, 0.2) is 5.82 Å². The van der Waals surface area contributed by atoms with E-state index in [0.29, 0.717) is 36.5 Å². The normalized spacial score (nSPS) is 11.9. The zero-order valence-corrected chi connectivity index (χ0v) is 21.0. The number of hydrogen-bond acceptors (Lipinski definition) is 9. The van der Waals surface area contributed by atoms with Crippen molar-refractivity contribution < 1.29 is 19.3 Å². The maximum absolute atomic E-state index is 14.7. The van der Waals surface area contributed by atoms with Gasteiger partial charge in [0.25, 0.3) is 0 Å². The number of halogens is 1. The fraction of sp³-hybridized carbons (Fsp3) is 0.346. The first-order valence-corrected chi connectivity index (χ1v) is 12.0. The fourth-order valence-corrected chi connectivity index (χ4v) is 4.10. The molecule has 1 atom stereocenters. The van der Waals surface area contributed by atoms with Crippen molar-refractivity contribution in [1.29, 1.82) is 0 Å². The van der Waals surface area contributed by atoms with Crippen LogP contribution in [0.25, 0.3) is 11.1 Å². The molecule has 0 aliphatic rings. The van der Waals surface area contributed by atoms with E-state index in [0.717, 1.165) is 33.6 Å². The van der Waals surface area contributed by atoms with Crippen LogP contribution in [0.15, 0.2) is 36.4 Å². The van der Waals surface area contributed by atoms with Gasteiger partial charge >= 0.3 is 6.01 Å². The summed E-state index contributed by atoms with van der Waals surface area (Å²) in [6.07, 6.45) is 0.00276. The van der Waals surface area contributed by atoms with Gasteiger partial charge in [0, 0.05) is 24.2 Å². The number of aromatic nitrogens is 6. The van der Waals surface area contributed by atoms with Gasteiger partial charge in [-0.1, -0.05) is 29.5 Å².